The van der Waals surface area contributed by atoms with Crippen molar-refractivity contribution in [2.75, 3.05) is 26.2 Å². The largest absolute Gasteiger partial charge is 0.465 e. The van der Waals surface area contributed by atoms with Crippen LogP contribution in [0.25, 0.3) is 11.0 Å². The predicted molar refractivity (Wildman–Crippen MR) is 114 cm³/mol. The maximum Gasteiger partial charge on any atom is 0.404 e. The number of aryl methyl sites for hydroxylation is 2. The average molecular weight is 431 g/mol. The smallest absolute Gasteiger partial charge is 0.404 e. The number of carbonyl (C=O) groups is 2. The lowest BCUT2D eigenvalue weighted by Crippen LogP contribution is -2.50. The molecule has 2 fully saturated rings. The highest BCUT2D eigenvalue weighted by Crippen LogP contribution is 2.37. The molecule has 2 atom stereocenters. The molecule has 31 heavy (non-hydrogen) atoms. The fraction of sp³-hybridized carbons (Fsp3) is 0.619. The van der Waals surface area contributed by atoms with E-state index in [0.717, 1.165) is 41.8 Å². The summed E-state index contributed by atoms with van der Waals surface area (Å²) in [5, 5.41) is 20.1. The topological polar surface area (TPSA) is 122 Å². The second-order valence-corrected chi connectivity index (χ2v) is 8.23. The van der Waals surface area contributed by atoms with Gasteiger partial charge in [-0.1, -0.05) is 0 Å². The third kappa shape index (κ3) is 4.80. The number of rotatable bonds is 8. The zero-order chi connectivity index (χ0) is 22.0. The number of aromatic nitrogens is 3. The van der Waals surface area contributed by atoms with E-state index in [2.05, 4.69) is 15.6 Å². The molecule has 168 valence electrons. The van der Waals surface area contributed by atoms with E-state index < -0.39 is 12.2 Å². The SMILES string of the molecule is Cc1ccc2c([C@@H](C)N(C(=O)C3CNCCO3)C3CC3)nn(CCCNC(=O)O)c2n1. The molecule has 10 heteroatoms. The Morgan fingerprint density at radius 1 is 1.42 bits per heavy atom. The van der Waals surface area contributed by atoms with Crippen LogP contribution in [0.3, 0.4) is 0 Å². The van der Waals surface area contributed by atoms with Crippen LogP contribution >= 0.6 is 0 Å². The number of nitrogens with zero attached hydrogens (tertiary/aromatic N) is 4. The zero-order valence-corrected chi connectivity index (χ0v) is 18.0. The molecule has 0 radical (unpaired) electrons. The Morgan fingerprint density at radius 3 is 2.90 bits per heavy atom. The lowest BCUT2D eigenvalue weighted by atomic mass is 10.1. The number of pyridine rings is 1. The molecule has 1 aliphatic heterocycles. The highest BCUT2D eigenvalue weighted by Gasteiger charge is 2.41. The van der Waals surface area contributed by atoms with E-state index in [1.807, 2.05) is 35.6 Å². The molecule has 1 saturated heterocycles. The summed E-state index contributed by atoms with van der Waals surface area (Å²) >= 11 is 0. The zero-order valence-electron chi connectivity index (χ0n) is 18.0. The lowest BCUT2D eigenvalue weighted by Gasteiger charge is -2.33. The number of carbonyl (C=O) groups excluding carboxylic acids is 1. The minimum absolute atomic E-state index is 0.00984. The first-order valence-corrected chi connectivity index (χ1v) is 10.9. The minimum atomic E-state index is -1.04. The van der Waals surface area contributed by atoms with Gasteiger partial charge in [0.2, 0.25) is 0 Å². The van der Waals surface area contributed by atoms with Crippen LogP contribution in [0.5, 0.6) is 0 Å². The monoisotopic (exact) mass is 430 g/mol. The molecule has 1 unspecified atom stereocenters. The van der Waals surface area contributed by atoms with Crippen LogP contribution in [0.15, 0.2) is 12.1 Å². The Hall–Kier alpha value is -2.72. The number of morpholine rings is 1. The molecule has 2 aromatic rings. The first-order chi connectivity index (χ1) is 15.0. The third-order valence-electron chi connectivity index (χ3n) is 5.80. The van der Waals surface area contributed by atoms with Crippen LogP contribution in [0, 0.1) is 6.92 Å². The average Bonchev–Trinajstić information content (AvgIpc) is 3.53. The quantitative estimate of drug-likeness (QED) is 0.542. The van der Waals surface area contributed by atoms with Crippen molar-refractivity contribution in [1.82, 2.24) is 30.3 Å². The molecule has 1 aliphatic carbocycles. The molecule has 4 rings (SSSR count). The first kappa shape index (κ1) is 21.5. The minimum Gasteiger partial charge on any atom is -0.465 e. The van der Waals surface area contributed by atoms with Gasteiger partial charge >= 0.3 is 6.09 Å². The normalized spacial score (nSPS) is 19.9. The maximum absolute atomic E-state index is 13.3. The molecule has 2 aliphatic rings. The van der Waals surface area contributed by atoms with Crippen LogP contribution < -0.4 is 10.6 Å². The van der Waals surface area contributed by atoms with Gasteiger partial charge in [-0.2, -0.15) is 5.10 Å². The number of hydrogen-bond donors (Lipinski definition) is 3. The number of carboxylic acid groups (broad SMARTS) is 1. The molecular formula is C21H30N6O4. The number of nitrogens with one attached hydrogen (secondary N) is 2. The van der Waals surface area contributed by atoms with Gasteiger partial charge in [0, 0.05) is 43.3 Å². The first-order valence-electron chi connectivity index (χ1n) is 10.9. The van der Waals surface area contributed by atoms with E-state index in [4.69, 9.17) is 14.9 Å². The van der Waals surface area contributed by atoms with Crippen LogP contribution in [0.2, 0.25) is 0 Å². The summed E-state index contributed by atoms with van der Waals surface area (Å²) in [6.07, 6.45) is 1.08. The van der Waals surface area contributed by atoms with Gasteiger partial charge < -0.3 is 25.4 Å². The molecule has 3 heterocycles. The summed E-state index contributed by atoms with van der Waals surface area (Å²) < 4.78 is 7.56. The van der Waals surface area contributed by atoms with Crippen LogP contribution in [0.4, 0.5) is 4.79 Å². The number of ether oxygens (including phenoxy) is 1. The summed E-state index contributed by atoms with van der Waals surface area (Å²) in [5.41, 5.74) is 2.46. The van der Waals surface area contributed by atoms with Gasteiger partial charge in [-0.05, 0) is 45.2 Å². The van der Waals surface area contributed by atoms with Gasteiger partial charge in [0.25, 0.3) is 5.91 Å². The Labute approximate surface area is 180 Å². The Bertz CT molecular complexity index is 951. The number of amides is 2. The van der Waals surface area contributed by atoms with E-state index in [1.165, 1.54) is 0 Å². The molecule has 2 aromatic heterocycles. The standard InChI is InChI=1S/C21H30N6O4/c1-13-4-7-16-18(25-26(19(16)24-13)10-3-8-23-21(29)30)14(2)27(15-5-6-15)20(28)17-12-22-9-11-31-17/h4,7,14-15,17,22-23H,3,5-6,8-12H2,1-2H3,(H,29,30)/t14-,17?/m1/s1. The second kappa shape index (κ2) is 9.19. The van der Waals surface area contributed by atoms with E-state index in [1.54, 1.807) is 0 Å². The summed E-state index contributed by atoms with van der Waals surface area (Å²) in [5.74, 6) is 0.00984. The lowest BCUT2D eigenvalue weighted by molar-refractivity contribution is -0.148. The van der Waals surface area contributed by atoms with Crippen molar-refractivity contribution >= 4 is 23.0 Å². The summed E-state index contributed by atoms with van der Waals surface area (Å²) in [7, 11) is 0. The van der Waals surface area contributed by atoms with E-state index in [9.17, 15) is 9.59 Å². The van der Waals surface area contributed by atoms with Gasteiger partial charge in [-0.25, -0.2) is 14.5 Å². The molecular weight excluding hydrogens is 400 g/mol. The predicted octanol–water partition coefficient (Wildman–Crippen LogP) is 1.44. The highest BCUT2D eigenvalue weighted by molar-refractivity contribution is 5.84. The molecule has 10 nitrogen and oxygen atoms in total. The van der Waals surface area contributed by atoms with Gasteiger partial charge in [0.05, 0.1) is 18.3 Å². The second-order valence-electron chi connectivity index (χ2n) is 8.23. The van der Waals surface area contributed by atoms with E-state index in [-0.39, 0.29) is 18.0 Å². The van der Waals surface area contributed by atoms with Crippen LogP contribution in [-0.4, -0.2) is 75.2 Å². The van der Waals surface area contributed by atoms with E-state index in [0.29, 0.717) is 32.7 Å². The van der Waals surface area contributed by atoms with Crippen molar-refractivity contribution in [3.8, 4) is 0 Å². The summed E-state index contributed by atoms with van der Waals surface area (Å²) in [4.78, 5) is 30.6. The third-order valence-corrected chi connectivity index (χ3v) is 5.80. The summed E-state index contributed by atoms with van der Waals surface area (Å²) in [6.45, 7) is 6.65. The van der Waals surface area contributed by atoms with Crippen molar-refractivity contribution in [2.24, 2.45) is 0 Å². The van der Waals surface area contributed by atoms with Gasteiger partial charge in [-0.3, -0.25) is 4.79 Å². The van der Waals surface area contributed by atoms with Crippen molar-refractivity contribution < 1.29 is 19.4 Å². The highest BCUT2D eigenvalue weighted by atomic mass is 16.5. The van der Waals surface area contributed by atoms with Crippen LogP contribution in [0.1, 0.15) is 43.6 Å². The molecule has 0 spiro atoms. The van der Waals surface area contributed by atoms with Crippen LogP contribution in [-0.2, 0) is 16.1 Å². The fourth-order valence-electron chi connectivity index (χ4n) is 4.12. The molecule has 0 bridgehead atoms. The van der Waals surface area contributed by atoms with Gasteiger partial charge in [0.1, 0.15) is 6.10 Å². The Balaban J connectivity index is 1.60. The molecule has 1 saturated carbocycles. The molecule has 0 aromatic carbocycles. The van der Waals surface area contributed by atoms with Gasteiger partial charge in [0.15, 0.2) is 5.65 Å². The Kier molecular flexibility index (Phi) is 6.38. The van der Waals surface area contributed by atoms with Crippen molar-refractivity contribution in [3.63, 3.8) is 0 Å². The fourth-order valence-corrected chi connectivity index (χ4v) is 4.12. The van der Waals surface area contributed by atoms with E-state index >= 15 is 0 Å². The maximum atomic E-state index is 13.3. The van der Waals surface area contributed by atoms with Crippen molar-refractivity contribution in [1.29, 1.82) is 0 Å². The van der Waals surface area contributed by atoms with Crippen molar-refractivity contribution in [3.05, 3.63) is 23.5 Å². The number of hydrogen-bond acceptors (Lipinski definition) is 6. The van der Waals surface area contributed by atoms with Gasteiger partial charge in [-0.15, -0.1) is 0 Å². The Morgan fingerprint density at radius 2 is 2.23 bits per heavy atom. The van der Waals surface area contributed by atoms with Crippen molar-refractivity contribution in [2.45, 2.75) is 57.8 Å². The molecule has 3 N–H and O–H groups in total. The summed E-state index contributed by atoms with van der Waals surface area (Å²) in [6, 6.07) is 3.97. The molecule has 2 amide bonds. The number of fused-ring (bicyclic) bond motifs is 1.